The molecule has 1 unspecified atom stereocenters. The largest absolute Gasteiger partial charge is 0.0885 e. The van der Waals surface area contributed by atoms with E-state index in [1.807, 2.05) is 0 Å². The van der Waals surface area contributed by atoms with E-state index < -0.39 is 0 Å². The molecule has 1 aromatic carbocycles. The Bertz CT molecular complexity index is 413. The molecule has 1 aromatic rings. The Labute approximate surface area is 144 Å². The van der Waals surface area contributed by atoms with Gasteiger partial charge in [-0.3, -0.25) is 0 Å². The van der Waals surface area contributed by atoms with E-state index in [-0.39, 0.29) is 0 Å². The van der Waals surface area contributed by atoms with Crippen LogP contribution in [0.2, 0.25) is 0 Å². The van der Waals surface area contributed by atoms with Gasteiger partial charge >= 0.3 is 0 Å². The summed E-state index contributed by atoms with van der Waals surface area (Å²) >= 11 is 0. The van der Waals surface area contributed by atoms with Crippen LogP contribution in [0.15, 0.2) is 54.6 Å². The Balaban J connectivity index is 2.37. The highest BCUT2D eigenvalue weighted by Gasteiger charge is 2.08. The van der Waals surface area contributed by atoms with Crippen molar-refractivity contribution in [1.82, 2.24) is 0 Å². The molecule has 0 aliphatic heterocycles. The maximum Gasteiger partial charge on any atom is -0.0250 e. The zero-order chi connectivity index (χ0) is 16.6. The topological polar surface area (TPSA) is 0 Å². The smallest absolute Gasteiger partial charge is 0.0250 e. The van der Waals surface area contributed by atoms with Crippen molar-refractivity contribution >= 4 is 0 Å². The predicted molar refractivity (Wildman–Crippen MR) is 105 cm³/mol. The molecule has 0 saturated heterocycles. The third-order valence-electron chi connectivity index (χ3n) is 4.34. The molecule has 0 amide bonds. The van der Waals surface area contributed by atoms with E-state index >= 15 is 0 Å². The van der Waals surface area contributed by atoms with Gasteiger partial charge in [-0.15, -0.1) is 0 Å². The predicted octanol–water partition coefficient (Wildman–Crippen LogP) is 7.51. The van der Waals surface area contributed by atoms with Gasteiger partial charge in [0, 0.05) is 0 Å². The van der Waals surface area contributed by atoms with Crippen LogP contribution in [0.5, 0.6) is 0 Å². The van der Waals surface area contributed by atoms with E-state index in [0.717, 1.165) is 5.92 Å². The third kappa shape index (κ3) is 11.0. The molecule has 0 radical (unpaired) electrons. The average molecular weight is 313 g/mol. The molecule has 0 aliphatic carbocycles. The molecule has 0 saturated carbocycles. The van der Waals surface area contributed by atoms with Crippen molar-refractivity contribution in [3.8, 4) is 0 Å². The standard InChI is InChI=1S/C23H36/c1-3-5-7-9-11-14-18-22(17-13-10-8-6-4-2)21-23-19-15-12-16-20-23/h7-10,12,15-16,19-20,22H,3-6,11,13-14,17-18,21H2,1-2H3. The van der Waals surface area contributed by atoms with Crippen LogP contribution in [0, 0.1) is 5.92 Å². The van der Waals surface area contributed by atoms with E-state index in [2.05, 4.69) is 68.5 Å². The van der Waals surface area contributed by atoms with Gasteiger partial charge in [-0.2, -0.15) is 0 Å². The normalized spacial score (nSPS) is 13.1. The van der Waals surface area contributed by atoms with Crippen molar-refractivity contribution in [2.24, 2.45) is 5.92 Å². The lowest BCUT2D eigenvalue weighted by molar-refractivity contribution is 0.439. The summed E-state index contributed by atoms with van der Waals surface area (Å²) in [6.45, 7) is 4.49. The highest BCUT2D eigenvalue weighted by atomic mass is 14.1. The van der Waals surface area contributed by atoms with Crippen LogP contribution in [0.1, 0.15) is 77.2 Å². The summed E-state index contributed by atoms with van der Waals surface area (Å²) in [7, 11) is 0. The van der Waals surface area contributed by atoms with Gasteiger partial charge in [-0.25, -0.2) is 0 Å². The summed E-state index contributed by atoms with van der Waals surface area (Å²) in [6.07, 6.45) is 22.2. The highest BCUT2D eigenvalue weighted by Crippen LogP contribution is 2.21. The SMILES string of the molecule is CCCC=CCCCC(CCC=CCCC)Cc1ccccc1. The van der Waals surface area contributed by atoms with E-state index in [1.165, 1.54) is 69.8 Å². The Kier molecular flexibility index (Phi) is 12.3. The molecule has 0 N–H and O–H groups in total. The number of hydrogen-bond acceptors (Lipinski definition) is 0. The molecule has 0 fully saturated rings. The van der Waals surface area contributed by atoms with Gasteiger partial charge < -0.3 is 0 Å². The fraction of sp³-hybridized carbons (Fsp3) is 0.565. The van der Waals surface area contributed by atoms with Crippen molar-refractivity contribution in [3.05, 3.63) is 60.2 Å². The first-order chi connectivity index (χ1) is 11.4. The molecular weight excluding hydrogens is 276 g/mol. The summed E-state index contributed by atoms with van der Waals surface area (Å²) in [4.78, 5) is 0. The Morgan fingerprint density at radius 1 is 0.739 bits per heavy atom. The maximum absolute atomic E-state index is 2.39. The van der Waals surface area contributed by atoms with Crippen molar-refractivity contribution < 1.29 is 0 Å². The van der Waals surface area contributed by atoms with E-state index in [1.54, 1.807) is 0 Å². The summed E-state index contributed by atoms with van der Waals surface area (Å²) in [5.74, 6) is 0.822. The molecule has 0 aromatic heterocycles. The molecule has 23 heavy (non-hydrogen) atoms. The Morgan fingerprint density at radius 3 is 2.00 bits per heavy atom. The first-order valence-corrected chi connectivity index (χ1v) is 9.70. The van der Waals surface area contributed by atoms with Gasteiger partial charge in [-0.1, -0.05) is 81.3 Å². The Morgan fingerprint density at radius 2 is 1.35 bits per heavy atom. The summed E-state index contributed by atoms with van der Waals surface area (Å²) in [5, 5.41) is 0. The van der Waals surface area contributed by atoms with Crippen molar-refractivity contribution in [1.29, 1.82) is 0 Å². The first kappa shape index (κ1) is 19.7. The number of allylic oxidation sites excluding steroid dienone is 4. The lowest BCUT2D eigenvalue weighted by Gasteiger charge is -2.16. The minimum Gasteiger partial charge on any atom is -0.0885 e. The van der Waals surface area contributed by atoms with Gasteiger partial charge in [0.25, 0.3) is 0 Å². The van der Waals surface area contributed by atoms with Crippen LogP contribution in [0.25, 0.3) is 0 Å². The highest BCUT2D eigenvalue weighted by molar-refractivity contribution is 5.15. The van der Waals surface area contributed by atoms with E-state index in [4.69, 9.17) is 0 Å². The first-order valence-electron chi connectivity index (χ1n) is 9.70. The zero-order valence-corrected chi connectivity index (χ0v) is 15.3. The fourth-order valence-electron chi connectivity index (χ4n) is 2.96. The van der Waals surface area contributed by atoms with E-state index in [9.17, 15) is 0 Å². The quantitative estimate of drug-likeness (QED) is 0.261. The molecule has 1 atom stereocenters. The lowest BCUT2D eigenvalue weighted by atomic mass is 9.90. The van der Waals surface area contributed by atoms with Gasteiger partial charge in [0.1, 0.15) is 0 Å². The van der Waals surface area contributed by atoms with Gasteiger partial charge in [0.15, 0.2) is 0 Å². The summed E-state index contributed by atoms with van der Waals surface area (Å²) < 4.78 is 0. The number of benzene rings is 1. The molecule has 0 nitrogen and oxygen atoms in total. The molecule has 0 heteroatoms. The van der Waals surface area contributed by atoms with Crippen LogP contribution in [-0.4, -0.2) is 0 Å². The Hall–Kier alpha value is -1.30. The average Bonchev–Trinajstić information content (AvgIpc) is 2.58. The van der Waals surface area contributed by atoms with Gasteiger partial charge in [0.2, 0.25) is 0 Å². The van der Waals surface area contributed by atoms with Crippen LogP contribution < -0.4 is 0 Å². The van der Waals surface area contributed by atoms with Crippen LogP contribution in [0.4, 0.5) is 0 Å². The van der Waals surface area contributed by atoms with Gasteiger partial charge in [0.05, 0.1) is 0 Å². The maximum atomic E-state index is 2.39. The number of rotatable bonds is 13. The van der Waals surface area contributed by atoms with Crippen LogP contribution >= 0.6 is 0 Å². The molecular formula is C23H36. The molecule has 0 bridgehead atoms. The fourth-order valence-corrected chi connectivity index (χ4v) is 2.96. The lowest BCUT2D eigenvalue weighted by Crippen LogP contribution is -2.04. The summed E-state index contributed by atoms with van der Waals surface area (Å²) in [5.41, 5.74) is 1.50. The minimum atomic E-state index is 0.822. The van der Waals surface area contributed by atoms with Gasteiger partial charge in [-0.05, 0) is 62.8 Å². The molecule has 128 valence electrons. The number of unbranched alkanes of at least 4 members (excludes halogenated alkanes) is 3. The minimum absolute atomic E-state index is 0.822. The second-order valence-corrected chi connectivity index (χ2v) is 6.58. The molecule has 0 heterocycles. The molecule has 1 rings (SSSR count). The van der Waals surface area contributed by atoms with Crippen molar-refractivity contribution in [2.45, 2.75) is 78.1 Å². The second-order valence-electron chi connectivity index (χ2n) is 6.58. The van der Waals surface area contributed by atoms with E-state index in [0.29, 0.717) is 0 Å². The summed E-state index contributed by atoms with van der Waals surface area (Å²) in [6, 6.07) is 11.0. The number of hydrogen-bond donors (Lipinski definition) is 0. The monoisotopic (exact) mass is 312 g/mol. The third-order valence-corrected chi connectivity index (χ3v) is 4.34. The molecule has 0 spiro atoms. The zero-order valence-electron chi connectivity index (χ0n) is 15.3. The van der Waals surface area contributed by atoms with Crippen LogP contribution in [-0.2, 0) is 6.42 Å². The second kappa shape index (κ2) is 14.3. The van der Waals surface area contributed by atoms with Crippen LogP contribution in [0.3, 0.4) is 0 Å². The van der Waals surface area contributed by atoms with Crippen molar-refractivity contribution in [2.75, 3.05) is 0 Å². The van der Waals surface area contributed by atoms with Crippen molar-refractivity contribution in [3.63, 3.8) is 0 Å². The molecule has 0 aliphatic rings.